The van der Waals surface area contributed by atoms with Gasteiger partial charge in [-0.25, -0.2) is 0 Å². The van der Waals surface area contributed by atoms with E-state index in [9.17, 15) is 18.9 Å². The minimum atomic E-state index is -2.63. The van der Waals surface area contributed by atoms with Crippen molar-refractivity contribution in [1.82, 2.24) is 0 Å². The molecule has 1 aromatic rings. The molecule has 0 N–H and O–H groups in total. The van der Waals surface area contributed by atoms with Gasteiger partial charge in [0.25, 0.3) is 5.69 Å². The van der Waals surface area contributed by atoms with Crippen molar-refractivity contribution in [1.29, 1.82) is 0 Å². The lowest BCUT2D eigenvalue weighted by atomic mass is 10.3. The van der Waals surface area contributed by atoms with E-state index in [4.69, 9.17) is 0 Å². The van der Waals surface area contributed by atoms with Crippen LogP contribution in [0.25, 0.3) is 0 Å². The number of alkyl halides is 2. The van der Waals surface area contributed by atoms with E-state index in [1.54, 1.807) is 0 Å². The first-order chi connectivity index (χ1) is 6.59. The van der Waals surface area contributed by atoms with Crippen molar-refractivity contribution in [3.8, 4) is 5.75 Å². The van der Waals surface area contributed by atoms with Crippen molar-refractivity contribution < 1.29 is 17.9 Å². The Balaban J connectivity index is 2.60. The monoisotopic (exact) mass is 221 g/mol. The fraction of sp³-hybridized carbons (Fsp3) is 0.143. The van der Waals surface area contributed by atoms with Crippen molar-refractivity contribution in [3.63, 3.8) is 0 Å². The topological polar surface area (TPSA) is 52.4 Å². The molecule has 0 bridgehead atoms. The summed E-state index contributed by atoms with van der Waals surface area (Å²) in [7, 11) is 0. The highest BCUT2D eigenvalue weighted by Crippen LogP contribution is 2.23. The van der Waals surface area contributed by atoms with E-state index in [2.05, 4.69) is 4.18 Å². The Morgan fingerprint density at radius 2 is 1.93 bits per heavy atom. The van der Waals surface area contributed by atoms with Gasteiger partial charge in [0, 0.05) is 12.1 Å². The number of nitro benzene ring substituents is 1. The molecule has 4 nitrogen and oxygen atoms in total. The predicted molar refractivity (Wildman–Crippen MR) is 47.3 cm³/mol. The molecule has 1 rings (SSSR count). The molecule has 0 fully saturated rings. The van der Waals surface area contributed by atoms with E-state index in [0.717, 1.165) is 0 Å². The van der Waals surface area contributed by atoms with Crippen LogP contribution in [-0.4, -0.2) is 10.7 Å². The van der Waals surface area contributed by atoms with E-state index < -0.39 is 10.7 Å². The Morgan fingerprint density at radius 3 is 2.36 bits per heavy atom. The highest BCUT2D eigenvalue weighted by molar-refractivity contribution is 7.95. The van der Waals surface area contributed by atoms with Gasteiger partial charge in [-0.1, -0.05) is 0 Å². The van der Waals surface area contributed by atoms with Crippen LogP contribution in [0.3, 0.4) is 0 Å². The van der Waals surface area contributed by atoms with E-state index in [0.29, 0.717) is 0 Å². The van der Waals surface area contributed by atoms with Crippen LogP contribution >= 0.6 is 12.0 Å². The van der Waals surface area contributed by atoms with Crippen LogP contribution in [0.2, 0.25) is 0 Å². The second-order valence-electron chi connectivity index (χ2n) is 2.19. The summed E-state index contributed by atoms with van der Waals surface area (Å²) in [6.07, 6.45) is 0. The molecule has 1 aromatic carbocycles. The number of non-ortho nitro benzene ring substituents is 1. The number of nitro groups is 1. The van der Waals surface area contributed by atoms with Gasteiger partial charge < -0.3 is 4.18 Å². The molecule has 0 spiro atoms. The van der Waals surface area contributed by atoms with Gasteiger partial charge in [-0.2, -0.15) is 8.78 Å². The molecule has 0 saturated carbocycles. The first-order valence-electron chi connectivity index (χ1n) is 3.45. The van der Waals surface area contributed by atoms with Crippen LogP contribution in [0.4, 0.5) is 14.5 Å². The van der Waals surface area contributed by atoms with Crippen molar-refractivity contribution in [2.24, 2.45) is 0 Å². The number of hydrogen-bond acceptors (Lipinski definition) is 4. The molecular weight excluding hydrogens is 216 g/mol. The lowest BCUT2D eigenvalue weighted by molar-refractivity contribution is -0.384. The maximum Gasteiger partial charge on any atom is 0.319 e. The van der Waals surface area contributed by atoms with Crippen LogP contribution in [0.5, 0.6) is 5.75 Å². The van der Waals surface area contributed by atoms with Gasteiger partial charge >= 0.3 is 5.76 Å². The zero-order chi connectivity index (χ0) is 10.6. The third-order valence-electron chi connectivity index (χ3n) is 1.26. The van der Waals surface area contributed by atoms with Gasteiger partial charge in [0.05, 0.1) is 4.92 Å². The first kappa shape index (κ1) is 10.7. The zero-order valence-electron chi connectivity index (χ0n) is 6.72. The quantitative estimate of drug-likeness (QED) is 0.445. The SMILES string of the molecule is O=[N+]([O-])c1ccc(OSC(F)F)cc1. The Labute approximate surface area is 82.2 Å². The third kappa shape index (κ3) is 3.17. The van der Waals surface area contributed by atoms with Crippen molar-refractivity contribution >= 4 is 17.7 Å². The Hall–Kier alpha value is -1.37. The average Bonchev–Trinajstić information content (AvgIpc) is 2.15. The average molecular weight is 221 g/mol. The molecule has 0 amide bonds. The summed E-state index contributed by atoms with van der Waals surface area (Å²) in [4.78, 5) is 9.64. The third-order valence-corrected chi connectivity index (χ3v) is 1.70. The molecule has 0 aliphatic carbocycles. The minimum absolute atomic E-state index is 0.00458. The molecular formula is C7H5F2NO3S. The van der Waals surface area contributed by atoms with Gasteiger partial charge in [-0.15, -0.1) is 0 Å². The predicted octanol–water partition coefficient (Wildman–Crippen LogP) is 2.84. The lowest BCUT2D eigenvalue weighted by Crippen LogP contribution is -1.90. The first-order valence-corrected chi connectivity index (χ1v) is 4.26. The summed E-state index contributed by atoms with van der Waals surface area (Å²) < 4.78 is 27.9. The van der Waals surface area contributed by atoms with Crippen LogP contribution in [-0.2, 0) is 0 Å². The van der Waals surface area contributed by atoms with Crippen LogP contribution < -0.4 is 4.18 Å². The summed E-state index contributed by atoms with van der Waals surface area (Å²) in [6.45, 7) is 0. The molecule has 0 aromatic heterocycles. The molecule has 0 unspecified atom stereocenters. The van der Waals surface area contributed by atoms with Gasteiger partial charge in [-0.05, 0) is 12.1 Å². The number of hydrogen-bond donors (Lipinski definition) is 0. The number of halogens is 2. The Kier molecular flexibility index (Phi) is 3.63. The summed E-state index contributed by atoms with van der Waals surface area (Å²) in [5.74, 6) is -2.48. The van der Waals surface area contributed by atoms with Gasteiger partial charge in [-0.3, -0.25) is 10.1 Å². The van der Waals surface area contributed by atoms with E-state index in [-0.39, 0.29) is 23.5 Å². The highest BCUT2D eigenvalue weighted by Gasteiger charge is 2.07. The molecule has 0 radical (unpaired) electrons. The largest absolute Gasteiger partial charge is 0.420 e. The Bertz CT molecular complexity index is 317. The van der Waals surface area contributed by atoms with E-state index in [1.807, 2.05) is 0 Å². The molecule has 14 heavy (non-hydrogen) atoms. The van der Waals surface area contributed by atoms with Crippen LogP contribution in [0.1, 0.15) is 0 Å². The maximum atomic E-state index is 11.7. The van der Waals surface area contributed by atoms with Gasteiger partial charge in [0.1, 0.15) is 17.8 Å². The fourth-order valence-corrected chi connectivity index (χ4v) is 1.01. The summed E-state index contributed by atoms with van der Waals surface area (Å²) >= 11 is -0.00458. The van der Waals surface area contributed by atoms with Crippen molar-refractivity contribution in [2.45, 2.75) is 5.76 Å². The minimum Gasteiger partial charge on any atom is -0.420 e. The molecule has 0 saturated heterocycles. The van der Waals surface area contributed by atoms with E-state index in [1.165, 1.54) is 24.3 Å². The molecule has 0 heterocycles. The normalized spacial score (nSPS) is 10.2. The summed E-state index contributed by atoms with van der Waals surface area (Å²) in [5.41, 5.74) is -0.112. The number of nitrogens with zero attached hydrogens (tertiary/aromatic N) is 1. The highest BCUT2D eigenvalue weighted by atomic mass is 32.2. The summed E-state index contributed by atoms with van der Waals surface area (Å²) in [5, 5.41) is 10.2. The van der Waals surface area contributed by atoms with Crippen molar-refractivity contribution in [3.05, 3.63) is 34.4 Å². The second kappa shape index (κ2) is 4.75. The van der Waals surface area contributed by atoms with Crippen LogP contribution in [0, 0.1) is 10.1 Å². The van der Waals surface area contributed by atoms with Crippen LogP contribution in [0.15, 0.2) is 24.3 Å². The maximum absolute atomic E-state index is 11.7. The lowest BCUT2D eigenvalue weighted by Gasteiger charge is -2.01. The van der Waals surface area contributed by atoms with Gasteiger partial charge in [0.15, 0.2) is 0 Å². The molecule has 76 valence electrons. The molecule has 0 atom stereocenters. The van der Waals surface area contributed by atoms with Gasteiger partial charge in [0.2, 0.25) is 0 Å². The summed E-state index contributed by atoms with van der Waals surface area (Å²) in [6, 6.07) is 4.88. The van der Waals surface area contributed by atoms with E-state index >= 15 is 0 Å². The second-order valence-corrected chi connectivity index (χ2v) is 2.91. The number of benzene rings is 1. The molecule has 7 heteroatoms. The number of rotatable bonds is 4. The smallest absolute Gasteiger partial charge is 0.319 e. The molecule has 0 aliphatic heterocycles. The Morgan fingerprint density at radius 1 is 1.36 bits per heavy atom. The molecule has 0 aliphatic rings. The standard InChI is InChI=1S/C7H5F2NO3S/c8-7(9)14-13-6-3-1-5(2-4-6)10(11)12/h1-4,7H. The van der Waals surface area contributed by atoms with Crippen molar-refractivity contribution in [2.75, 3.05) is 0 Å². The zero-order valence-corrected chi connectivity index (χ0v) is 7.54. The fourth-order valence-electron chi connectivity index (χ4n) is 0.715.